The van der Waals surface area contributed by atoms with Gasteiger partial charge in [0.2, 0.25) is 0 Å². The number of carbonyl (C=O) groups is 3. The number of carbonyl (C=O) groups excluding carboxylic acids is 2. The van der Waals surface area contributed by atoms with Gasteiger partial charge in [0.25, 0.3) is 11.8 Å². The third kappa shape index (κ3) is 5.45. The number of ether oxygens (including phenoxy) is 2. The molecule has 26 heavy (non-hydrogen) atoms. The summed E-state index contributed by atoms with van der Waals surface area (Å²) in [5.74, 6) is -1.48. The minimum absolute atomic E-state index is 0.0705. The number of benzene rings is 1. The van der Waals surface area contributed by atoms with Crippen LogP contribution >= 0.6 is 0 Å². The first kappa shape index (κ1) is 19.7. The van der Waals surface area contributed by atoms with Gasteiger partial charge in [0, 0.05) is 18.7 Å². The molecule has 0 aliphatic carbocycles. The highest BCUT2D eigenvalue weighted by molar-refractivity contribution is 5.94. The van der Waals surface area contributed by atoms with Gasteiger partial charge in [-0.05, 0) is 30.2 Å². The summed E-state index contributed by atoms with van der Waals surface area (Å²) in [6.45, 7) is 5.34. The molecule has 1 aromatic carbocycles. The number of carboxylic acid groups (broad SMARTS) is 1. The van der Waals surface area contributed by atoms with Crippen LogP contribution < -0.4 is 10.1 Å². The Morgan fingerprint density at radius 1 is 1.19 bits per heavy atom. The van der Waals surface area contributed by atoms with Crippen molar-refractivity contribution in [2.24, 2.45) is 5.92 Å². The molecule has 1 atom stereocenters. The van der Waals surface area contributed by atoms with Gasteiger partial charge in [-0.1, -0.05) is 13.8 Å². The van der Waals surface area contributed by atoms with E-state index in [-0.39, 0.29) is 18.4 Å². The minimum atomic E-state index is -1.08. The fourth-order valence-corrected chi connectivity index (χ4v) is 2.52. The van der Waals surface area contributed by atoms with Crippen molar-refractivity contribution in [1.82, 2.24) is 10.2 Å². The molecule has 0 spiro atoms. The summed E-state index contributed by atoms with van der Waals surface area (Å²) in [5, 5.41) is 11.5. The lowest BCUT2D eigenvalue weighted by Crippen LogP contribution is -2.46. The molecule has 2 amide bonds. The Hall–Kier alpha value is -2.61. The SMILES string of the molecule is CC(C)C(NC(=O)COc1ccc(C(=O)N2CCOCC2)cc1)C(=O)O. The van der Waals surface area contributed by atoms with Crippen LogP contribution in [0.25, 0.3) is 0 Å². The van der Waals surface area contributed by atoms with Gasteiger partial charge in [0.15, 0.2) is 6.61 Å². The molecular weight excluding hydrogens is 340 g/mol. The summed E-state index contributed by atoms with van der Waals surface area (Å²) < 4.78 is 10.6. The van der Waals surface area contributed by atoms with E-state index in [4.69, 9.17) is 14.6 Å². The molecule has 0 bridgehead atoms. The van der Waals surface area contributed by atoms with Crippen molar-refractivity contribution in [2.75, 3.05) is 32.9 Å². The third-order valence-electron chi connectivity index (χ3n) is 4.02. The first-order valence-electron chi connectivity index (χ1n) is 8.50. The molecule has 1 aliphatic rings. The van der Waals surface area contributed by atoms with E-state index in [1.807, 2.05) is 0 Å². The van der Waals surface area contributed by atoms with E-state index in [0.717, 1.165) is 0 Å². The zero-order chi connectivity index (χ0) is 19.1. The number of hydrogen-bond acceptors (Lipinski definition) is 5. The predicted molar refractivity (Wildman–Crippen MR) is 93.1 cm³/mol. The first-order chi connectivity index (χ1) is 12.4. The van der Waals surface area contributed by atoms with Crippen LogP contribution in [0.1, 0.15) is 24.2 Å². The summed E-state index contributed by atoms with van der Waals surface area (Å²) in [4.78, 5) is 37.0. The standard InChI is InChI=1S/C18H24N2O6/c1-12(2)16(18(23)24)19-15(21)11-26-14-5-3-13(4-6-14)17(22)20-7-9-25-10-8-20/h3-6,12,16H,7-11H2,1-2H3,(H,19,21)(H,23,24). The van der Waals surface area contributed by atoms with E-state index < -0.39 is 17.9 Å². The van der Waals surface area contributed by atoms with Crippen molar-refractivity contribution in [2.45, 2.75) is 19.9 Å². The van der Waals surface area contributed by atoms with Gasteiger partial charge >= 0.3 is 5.97 Å². The summed E-state index contributed by atoms with van der Waals surface area (Å²) >= 11 is 0. The number of morpholine rings is 1. The number of nitrogens with one attached hydrogen (secondary N) is 1. The molecule has 1 saturated heterocycles. The average molecular weight is 364 g/mol. The quantitative estimate of drug-likeness (QED) is 0.740. The van der Waals surface area contributed by atoms with E-state index in [0.29, 0.717) is 37.6 Å². The van der Waals surface area contributed by atoms with Gasteiger partial charge in [-0.3, -0.25) is 9.59 Å². The highest BCUT2D eigenvalue weighted by atomic mass is 16.5. The van der Waals surface area contributed by atoms with Crippen LogP contribution in [0.2, 0.25) is 0 Å². The lowest BCUT2D eigenvalue weighted by Gasteiger charge is -2.26. The van der Waals surface area contributed by atoms with Gasteiger partial charge in [-0.15, -0.1) is 0 Å². The zero-order valence-electron chi connectivity index (χ0n) is 14.9. The van der Waals surface area contributed by atoms with E-state index in [1.165, 1.54) is 0 Å². The number of hydrogen-bond donors (Lipinski definition) is 2. The maximum Gasteiger partial charge on any atom is 0.326 e. The second-order valence-corrected chi connectivity index (χ2v) is 6.35. The Bertz CT molecular complexity index is 638. The summed E-state index contributed by atoms with van der Waals surface area (Å²) in [5.41, 5.74) is 0.537. The Labute approximate surface area is 152 Å². The lowest BCUT2D eigenvalue weighted by atomic mass is 10.1. The van der Waals surface area contributed by atoms with Crippen molar-refractivity contribution in [3.63, 3.8) is 0 Å². The highest BCUT2D eigenvalue weighted by Gasteiger charge is 2.23. The third-order valence-corrected chi connectivity index (χ3v) is 4.02. The zero-order valence-corrected chi connectivity index (χ0v) is 14.9. The largest absolute Gasteiger partial charge is 0.484 e. The molecule has 2 N–H and O–H groups in total. The molecule has 142 valence electrons. The summed E-state index contributed by atoms with van der Waals surface area (Å²) in [6.07, 6.45) is 0. The molecule has 0 aromatic heterocycles. The molecule has 1 fully saturated rings. The first-order valence-corrected chi connectivity index (χ1v) is 8.50. The summed E-state index contributed by atoms with van der Waals surface area (Å²) in [6, 6.07) is 5.54. The van der Waals surface area contributed by atoms with E-state index in [2.05, 4.69) is 5.32 Å². The van der Waals surface area contributed by atoms with Crippen molar-refractivity contribution in [3.8, 4) is 5.75 Å². The Kier molecular flexibility index (Phi) is 6.97. The van der Waals surface area contributed by atoms with Crippen molar-refractivity contribution in [3.05, 3.63) is 29.8 Å². The molecule has 0 radical (unpaired) electrons. The molecule has 2 rings (SSSR count). The second-order valence-electron chi connectivity index (χ2n) is 6.35. The molecule has 0 saturated carbocycles. The lowest BCUT2D eigenvalue weighted by molar-refractivity contribution is -0.143. The number of carboxylic acids is 1. The maximum atomic E-state index is 12.3. The maximum absolute atomic E-state index is 12.3. The summed E-state index contributed by atoms with van der Waals surface area (Å²) in [7, 11) is 0. The smallest absolute Gasteiger partial charge is 0.326 e. The van der Waals surface area contributed by atoms with E-state index in [1.54, 1.807) is 43.0 Å². The van der Waals surface area contributed by atoms with Gasteiger partial charge in [0.05, 0.1) is 13.2 Å². The molecule has 1 unspecified atom stereocenters. The monoisotopic (exact) mass is 364 g/mol. The molecular formula is C18H24N2O6. The molecule has 1 aliphatic heterocycles. The van der Waals surface area contributed by atoms with Gasteiger partial charge in [0.1, 0.15) is 11.8 Å². The van der Waals surface area contributed by atoms with Gasteiger partial charge < -0.3 is 24.8 Å². The Morgan fingerprint density at radius 3 is 2.35 bits per heavy atom. The normalized spacial score (nSPS) is 15.4. The fourth-order valence-electron chi connectivity index (χ4n) is 2.52. The number of rotatable bonds is 7. The van der Waals surface area contributed by atoms with Gasteiger partial charge in [-0.25, -0.2) is 4.79 Å². The molecule has 1 aromatic rings. The van der Waals surface area contributed by atoms with Crippen LogP contribution in [0.5, 0.6) is 5.75 Å². The van der Waals surface area contributed by atoms with Crippen LogP contribution in [-0.2, 0) is 14.3 Å². The topological polar surface area (TPSA) is 105 Å². The van der Waals surface area contributed by atoms with Crippen molar-refractivity contribution >= 4 is 17.8 Å². The van der Waals surface area contributed by atoms with Crippen molar-refractivity contribution in [1.29, 1.82) is 0 Å². The van der Waals surface area contributed by atoms with E-state index >= 15 is 0 Å². The molecule has 1 heterocycles. The average Bonchev–Trinajstić information content (AvgIpc) is 2.64. The van der Waals surface area contributed by atoms with Crippen LogP contribution in [-0.4, -0.2) is 66.7 Å². The Balaban J connectivity index is 1.86. The van der Waals surface area contributed by atoms with Gasteiger partial charge in [-0.2, -0.15) is 0 Å². The Morgan fingerprint density at radius 2 is 1.81 bits per heavy atom. The predicted octanol–water partition coefficient (Wildman–Crippen LogP) is 0.763. The number of amides is 2. The van der Waals surface area contributed by atoms with Crippen LogP contribution in [0, 0.1) is 5.92 Å². The van der Waals surface area contributed by atoms with E-state index in [9.17, 15) is 14.4 Å². The minimum Gasteiger partial charge on any atom is -0.484 e. The van der Waals surface area contributed by atoms with Crippen LogP contribution in [0.15, 0.2) is 24.3 Å². The molecule has 8 heteroatoms. The highest BCUT2D eigenvalue weighted by Crippen LogP contribution is 2.14. The molecule has 8 nitrogen and oxygen atoms in total. The van der Waals surface area contributed by atoms with Crippen LogP contribution in [0.4, 0.5) is 0 Å². The van der Waals surface area contributed by atoms with Crippen molar-refractivity contribution < 1.29 is 29.0 Å². The second kappa shape index (κ2) is 9.19. The van der Waals surface area contributed by atoms with Crippen LogP contribution in [0.3, 0.4) is 0 Å². The number of aliphatic carboxylic acids is 1. The number of nitrogens with zero attached hydrogens (tertiary/aromatic N) is 1. The fraction of sp³-hybridized carbons (Fsp3) is 0.500.